The lowest BCUT2D eigenvalue weighted by atomic mass is 9.79. The molecule has 2 aliphatic rings. The molecule has 0 N–H and O–H groups in total. The van der Waals surface area contributed by atoms with Crippen LogP contribution in [0.3, 0.4) is 0 Å². The van der Waals surface area contributed by atoms with E-state index in [0.29, 0.717) is 17.3 Å². The Morgan fingerprint density at radius 2 is 1.86 bits per heavy atom. The molecule has 3 rings (SSSR count). The molecule has 0 aromatic heterocycles. The highest BCUT2D eigenvalue weighted by Crippen LogP contribution is 2.58. The Labute approximate surface area is 132 Å². The number of carbonyl (C=O) groups excluding carboxylic acids is 1. The van der Waals surface area contributed by atoms with Crippen LogP contribution in [0.15, 0.2) is 24.3 Å². The molecule has 1 aliphatic heterocycles. The van der Waals surface area contributed by atoms with Crippen molar-refractivity contribution in [2.75, 3.05) is 7.11 Å². The summed E-state index contributed by atoms with van der Waals surface area (Å²) in [6, 6.07) is 7.66. The number of ether oxygens (including phenoxy) is 1. The second-order valence-corrected chi connectivity index (χ2v) is 7.25. The first-order valence-electron chi connectivity index (χ1n) is 7.79. The van der Waals surface area contributed by atoms with E-state index in [-0.39, 0.29) is 24.3 Å². The fourth-order valence-electron chi connectivity index (χ4n) is 2.98. The van der Waals surface area contributed by atoms with E-state index in [2.05, 4.69) is 33.8 Å². The van der Waals surface area contributed by atoms with Crippen LogP contribution in [0.4, 0.5) is 0 Å². The first kappa shape index (κ1) is 15.6. The Bertz CT molecular complexity index is 580. The molecule has 4 nitrogen and oxygen atoms in total. The van der Waals surface area contributed by atoms with E-state index in [1.807, 2.05) is 12.1 Å². The summed E-state index contributed by atoms with van der Waals surface area (Å²) in [5.74, 6) is 0.447. The SMILES string of the molecule is COC(=O)c1cccc(C2CC2B2OC(C)(C)C(C)(C)O2)c1. The van der Waals surface area contributed by atoms with Crippen LogP contribution >= 0.6 is 0 Å². The van der Waals surface area contributed by atoms with Crippen LogP contribution < -0.4 is 0 Å². The van der Waals surface area contributed by atoms with E-state index in [1.165, 1.54) is 7.11 Å². The molecule has 2 atom stereocenters. The van der Waals surface area contributed by atoms with Crippen molar-refractivity contribution < 1.29 is 18.8 Å². The molecule has 2 unspecified atom stereocenters. The third kappa shape index (κ3) is 2.57. The van der Waals surface area contributed by atoms with Crippen molar-refractivity contribution in [3.8, 4) is 0 Å². The second kappa shape index (κ2) is 5.10. The number of hydrogen-bond donors (Lipinski definition) is 0. The summed E-state index contributed by atoms with van der Waals surface area (Å²) < 4.78 is 17.0. The lowest BCUT2D eigenvalue weighted by Gasteiger charge is -2.32. The Balaban J connectivity index is 1.72. The maximum atomic E-state index is 11.6. The van der Waals surface area contributed by atoms with Gasteiger partial charge in [-0.1, -0.05) is 12.1 Å². The van der Waals surface area contributed by atoms with Crippen LogP contribution in [0.25, 0.3) is 0 Å². The molecule has 0 amide bonds. The molecule has 1 heterocycles. The largest absolute Gasteiger partial charge is 0.465 e. The van der Waals surface area contributed by atoms with Gasteiger partial charge in [0.05, 0.1) is 23.9 Å². The van der Waals surface area contributed by atoms with Gasteiger partial charge in [-0.15, -0.1) is 0 Å². The van der Waals surface area contributed by atoms with Gasteiger partial charge in [0, 0.05) is 5.82 Å². The molecule has 22 heavy (non-hydrogen) atoms. The van der Waals surface area contributed by atoms with Crippen molar-refractivity contribution in [2.24, 2.45) is 0 Å². The molecule has 1 aliphatic carbocycles. The summed E-state index contributed by atoms with van der Waals surface area (Å²) in [5.41, 5.74) is 1.17. The highest BCUT2D eigenvalue weighted by Gasteiger charge is 2.59. The fraction of sp³-hybridized carbons (Fsp3) is 0.588. The van der Waals surface area contributed by atoms with E-state index in [0.717, 1.165) is 12.0 Å². The number of hydrogen-bond acceptors (Lipinski definition) is 4. The molecule has 2 fully saturated rings. The summed E-state index contributed by atoms with van der Waals surface area (Å²) in [5, 5.41) is 0. The van der Waals surface area contributed by atoms with E-state index in [9.17, 15) is 4.79 Å². The van der Waals surface area contributed by atoms with Crippen LogP contribution in [0.2, 0.25) is 5.82 Å². The van der Waals surface area contributed by atoms with Crippen molar-refractivity contribution in [3.05, 3.63) is 35.4 Å². The standard InChI is InChI=1S/C17H23BO4/c1-16(2)17(3,4)22-18(21-16)14-10-13(14)11-7-6-8-12(9-11)15(19)20-5/h6-9,13-14H,10H2,1-5H3. The van der Waals surface area contributed by atoms with Gasteiger partial charge in [-0.05, 0) is 57.7 Å². The first-order valence-corrected chi connectivity index (χ1v) is 7.79. The molecule has 1 aromatic rings. The van der Waals surface area contributed by atoms with E-state index < -0.39 is 0 Å². The van der Waals surface area contributed by atoms with Crippen molar-refractivity contribution in [1.82, 2.24) is 0 Å². The van der Waals surface area contributed by atoms with E-state index in [1.54, 1.807) is 6.07 Å². The van der Waals surface area contributed by atoms with Gasteiger partial charge in [0.15, 0.2) is 0 Å². The Morgan fingerprint density at radius 3 is 2.45 bits per heavy atom. The zero-order chi connectivity index (χ0) is 16.1. The van der Waals surface area contributed by atoms with Crippen molar-refractivity contribution in [1.29, 1.82) is 0 Å². The van der Waals surface area contributed by atoms with Crippen molar-refractivity contribution in [2.45, 2.75) is 57.1 Å². The summed E-state index contributed by atoms with van der Waals surface area (Å²) in [6.45, 7) is 8.29. The van der Waals surface area contributed by atoms with E-state index in [4.69, 9.17) is 14.0 Å². The zero-order valence-corrected chi connectivity index (χ0v) is 13.9. The molecular weight excluding hydrogens is 279 g/mol. The summed E-state index contributed by atoms with van der Waals surface area (Å²) in [6.07, 6.45) is 1.03. The van der Waals surface area contributed by atoms with Crippen LogP contribution in [-0.2, 0) is 14.0 Å². The predicted molar refractivity (Wildman–Crippen MR) is 85.0 cm³/mol. The van der Waals surface area contributed by atoms with Gasteiger partial charge in [0.1, 0.15) is 0 Å². The van der Waals surface area contributed by atoms with Crippen molar-refractivity contribution >= 4 is 13.1 Å². The molecular formula is C17H23BO4. The molecule has 0 radical (unpaired) electrons. The molecule has 118 valence electrons. The normalized spacial score (nSPS) is 28.5. The smallest absolute Gasteiger partial charge is 0.461 e. The maximum Gasteiger partial charge on any atom is 0.461 e. The molecule has 1 saturated heterocycles. The molecule has 1 saturated carbocycles. The fourth-order valence-corrected chi connectivity index (χ4v) is 2.98. The van der Waals surface area contributed by atoms with Gasteiger partial charge >= 0.3 is 13.1 Å². The number of methoxy groups -OCH3 is 1. The van der Waals surface area contributed by atoms with Gasteiger partial charge in [-0.25, -0.2) is 4.79 Å². The predicted octanol–water partition coefficient (Wildman–Crippen LogP) is 3.42. The number of carbonyl (C=O) groups is 1. The van der Waals surface area contributed by atoms with Crippen LogP contribution in [-0.4, -0.2) is 31.4 Å². The lowest BCUT2D eigenvalue weighted by molar-refractivity contribution is 0.00578. The van der Waals surface area contributed by atoms with Gasteiger partial charge in [0.2, 0.25) is 0 Å². The van der Waals surface area contributed by atoms with Crippen molar-refractivity contribution in [3.63, 3.8) is 0 Å². The number of rotatable bonds is 3. The quantitative estimate of drug-likeness (QED) is 0.634. The Kier molecular flexibility index (Phi) is 3.61. The van der Waals surface area contributed by atoms with Gasteiger partial charge in [-0.2, -0.15) is 0 Å². The summed E-state index contributed by atoms with van der Waals surface area (Å²) in [7, 11) is 1.23. The highest BCUT2D eigenvalue weighted by molar-refractivity contribution is 6.49. The minimum Gasteiger partial charge on any atom is -0.465 e. The van der Waals surface area contributed by atoms with Crippen LogP contribution in [0.5, 0.6) is 0 Å². The second-order valence-electron chi connectivity index (χ2n) is 7.25. The monoisotopic (exact) mass is 302 g/mol. The Hall–Kier alpha value is -1.33. The molecule has 1 aromatic carbocycles. The molecule has 0 spiro atoms. The zero-order valence-electron chi connectivity index (χ0n) is 13.9. The minimum atomic E-state index is -0.297. The van der Waals surface area contributed by atoms with Gasteiger partial charge in [0.25, 0.3) is 0 Å². The third-order valence-corrected chi connectivity index (χ3v) is 5.20. The summed E-state index contributed by atoms with van der Waals surface area (Å²) >= 11 is 0. The summed E-state index contributed by atoms with van der Waals surface area (Å²) in [4.78, 5) is 11.6. The maximum absolute atomic E-state index is 11.6. The Morgan fingerprint density at radius 1 is 1.23 bits per heavy atom. The number of esters is 1. The van der Waals surface area contributed by atoms with Crippen LogP contribution in [0.1, 0.15) is 56.0 Å². The topological polar surface area (TPSA) is 44.8 Å². The average molecular weight is 302 g/mol. The minimum absolute atomic E-state index is 0.170. The number of benzene rings is 1. The average Bonchev–Trinajstić information content (AvgIpc) is 3.21. The van der Waals surface area contributed by atoms with Gasteiger partial charge < -0.3 is 14.0 Å². The third-order valence-electron chi connectivity index (χ3n) is 5.20. The molecule has 5 heteroatoms. The highest BCUT2D eigenvalue weighted by atomic mass is 16.7. The van der Waals surface area contributed by atoms with E-state index >= 15 is 0 Å². The van der Waals surface area contributed by atoms with Gasteiger partial charge in [-0.3, -0.25) is 0 Å². The van der Waals surface area contributed by atoms with Crippen LogP contribution in [0, 0.1) is 0 Å². The lowest BCUT2D eigenvalue weighted by Crippen LogP contribution is -2.41. The molecule has 0 bridgehead atoms. The first-order chi connectivity index (χ1) is 10.2.